The van der Waals surface area contributed by atoms with E-state index >= 15 is 0 Å². The summed E-state index contributed by atoms with van der Waals surface area (Å²) in [5.74, 6) is 2.12. The van der Waals surface area contributed by atoms with Crippen molar-refractivity contribution in [1.82, 2.24) is 0 Å². The van der Waals surface area contributed by atoms with Crippen LogP contribution in [-0.4, -0.2) is 34.7 Å². The SMILES string of the molecule is N#Cc1ccc(N[C@@H]2CCO[C@]3(CCSC3)C2)c([N+](=O)[O-])c1. The molecule has 116 valence electrons. The molecule has 1 spiro atoms. The van der Waals surface area contributed by atoms with Crippen molar-refractivity contribution < 1.29 is 9.66 Å². The molecule has 6 nitrogen and oxygen atoms in total. The van der Waals surface area contributed by atoms with Gasteiger partial charge in [0.25, 0.3) is 5.69 Å². The van der Waals surface area contributed by atoms with Crippen LogP contribution in [0.3, 0.4) is 0 Å². The van der Waals surface area contributed by atoms with Crippen molar-refractivity contribution in [3.05, 3.63) is 33.9 Å². The molecule has 22 heavy (non-hydrogen) atoms. The van der Waals surface area contributed by atoms with Crippen LogP contribution in [0.15, 0.2) is 18.2 Å². The Hall–Kier alpha value is -1.78. The molecule has 0 unspecified atom stereocenters. The first-order chi connectivity index (χ1) is 10.6. The Morgan fingerprint density at radius 1 is 1.55 bits per heavy atom. The van der Waals surface area contributed by atoms with Crippen molar-refractivity contribution in [1.29, 1.82) is 5.26 Å². The second kappa shape index (κ2) is 6.15. The monoisotopic (exact) mass is 319 g/mol. The first kappa shape index (κ1) is 15.1. The van der Waals surface area contributed by atoms with Crippen LogP contribution in [0.5, 0.6) is 0 Å². The van der Waals surface area contributed by atoms with Crippen molar-refractivity contribution in [2.24, 2.45) is 0 Å². The van der Waals surface area contributed by atoms with E-state index < -0.39 is 4.92 Å². The molecule has 7 heteroatoms. The molecule has 1 aromatic carbocycles. The summed E-state index contributed by atoms with van der Waals surface area (Å²) >= 11 is 1.90. The van der Waals surface area contributed by atoms with Gasteiger partial charge in [0.1, 0.15) is 5.69 Å². The van der Waals surface area contributed by atoms with E-state index in [-0.39, 0.29) is 17.3 Å². The van der Waals surface area contributed by atoms with Crippen molar-refractivity contribution in [3.63, 3.8) is 0 Å². The van der Waals surface area contributed by atoms with Crippen molar-refractivity contribution in [2.75, 3.05) is 23.4 Å². The van der Waals surface area contributed by atoms with Gasteiger partial charge in [0.15, 0.2) is 0 Å². The number of thioether (sulfide) groups is 1. The molecule has 1 N–H and O–H groups in total. The summed E-state index contributed by atoms with van der Waals surface area (Å²) in [6.07, 6.45) is 2.76. The van der Waals surface area contributed by atoms with Crippen molar-refractivity contribution >= 4 is 23.1 Å². The van der Waals surface area contributed by atoms with Crippen LogP contribution in [0.4, 0.5) is 11.4 Å². The zero-order chi connectivity index (χ0) is 15.6. The first-order valence-electron chi connectivity index (χ1n) is 7.29. The van der Waals surface area contributed by atoms with E-state index in [1.54, 1.807) is 12.1 Å². The van der Waals surface area contributed by atoms with Gasteiger partial charge >= 0.3 is 0 Å². The summed E-state index contributed by atoms with van der Waals surface area (Å²) in [6.45, 7) is 0.683. The Bertz CT molecular complexity index is 623. The van der Waals surface area contributed by atoms with Crippen LogP contribution in [0.2, 0.25) is 0 Å². The van der Waals surface area contributed by atoms with Gasteiger partial charge < -0.3 is 10.1 Å². The molecular weight excluding hydrogens is 302 g/mol. The number of rotatable bonds is 3. The fourth-order valence-corrected chi connectivity index (χ4v) is 4.49. The Kier molecular flexibility index (Phi) is 4.23. The summed E-state index contributed by atoms with van der Waals surface area (Å²) in [5, 5.41) is 23.4. The number of nitro benzene ring substituents is 1. The van der Waals surface area contributed by atoms with E-state index in [1.807, 2.05) is 17.8 Å². The number of nitrogens with one attached hydrogen (secondary N) is 1. The average Bonchev–Trinajstić information content (AvgIpc) is 2.95. The van der Waals surface area contributed by atoms with Gasteiger partial charge in [-0.15, -0.1) is 0 Å². The molecule has 2 atom stereocenters. The lowest BCUT2D eigenvalue weighted by atomic mass is 9.89. The summed E-state index contributed by atoms with van der Waals surface area (Å²) in [6, 6.07) is 6.66. The van der Waals surface area contributed by atoms with Gasteiger partial charge in [-0.3, -0.25) is 10.1 Å². The first-order valence-corrected chi connectivity index (χ1v) is 8.44. The fraction of sp³-hybridized carbons (Fsp3) is 0.533. The molecule has 0 saturated carbocycles. The van der Waals surface area contributed by atoms with Crippen LogP contribution >= 0.6 is 11.8 Å². The van der Waals surface area contributed by atoms with E-state index in [1.165, 1.54) is 6.07 Å². The molecule has 3 rings (SSSR count). The van der Waals surface area contributed by atoms with E-state index in [9.17, 15) is 10.1 Å². The molecule has 2 heterocycles. The van der Waals surface area contributed by atoms with Crippen molar-refractivity contribution in [2.45, 2.75) is 30.9 Å². The van der Waals surface area contributed by atoms with Gasteiger partial charge in [-0.25, -0.2) is 0 Å². The van der Waals surface area contributed by atoms with Crippen LogP contribution in [-0.2, 0) is 4.74 Å². The van der Waals surface area contributed by atoms with E-state index in [0.29, 0.717) is 17.9 Å². The molecule has 2 aliphatic rings. The summed E-state index contributed by atoms with van der Waals surface area (Å²) < 4.78 is 5.97. The molecule has 0 aromatic heterocycles. The molecular formula is C15H17N3O3S. The van der Waals surface area contributed by atoms with Gasteiger partial charge in [0, 0.05) is 24.5 Å². The zero-order valence-corrected chi connectivity index (χ0v) is 12.9. The van der Waals surface area contributed by atoms with Gasteiger partial charge in [0.05, 0.1) is 22.2 Å². The predicted octanol–water partition coefficient (Wildman–Crippen LogP) is 2.93. The zero-order valence-electron chi connectivity index (χ0n) is 12.1. The standard InChI is InChI=1S/C15H17N3O3S/c16-9-11-1-2-13(14(7-11)18(19)20)17-12-3-5-21-15(8-12)4-6-22-10-15/h1-2,7,12,17H,3-6,8,10H2/t12-,15-/m1/s1. The molecule has 0 amide bonds. The van der Waals surface area contributed by atoms with Gasteiger partial charge in [-0.05, 0) is 37.1 Å². The number of nitriles is 1. The molecule has 0 bridgehead atoms. The second-order valence-corrected chi connectivity index (χ2v) is 6.87. The lowest BCUT2D eigenvalue weighted by Gasteiger charge is -2.38. The minimum atomic E-state index is -0.441. The summed E-state index contributed by atoms with van der Waals surface area (Å²) in [7, 11) is 0. The predicted molar refractivity (Wildman–Crippen MR) is 85.1 cm³/mol. The average molecular weight is 319 g/mol. The highest BCUT2D eigenvalue weighted by Gasteiger charge is 2.40. The summed E-state index contributed by atoms with van der Waals surface area (Å²) in [5.41, 5.74) is 0.673. The third-order valence-electron chi connectivity index (χ3n) is 4.24. The molecule has 2 fully saturated rings. The normalized spacial score (nSPS) is 27.5. The highest BCUT2D eigenvalue weighted by atomic mass is 32.2. The maximum absolute atomic E-state index is 11.2. The van der Waals surface area contributed by atoms with Gasteiger partial charge in [-0.2, -0.15) is 17.0 Å². The number of benzene rings is 1. The second-order valence-electron chi connectivity index (χ2n) is 5.77. The Balaban J connectivity index is 1.78. The Morgan fingerprint density at radius 3 is 3.09 bits per heavy atom. The maximum atomic E-state index is 11.2. The number of ether oxygens (including phenoxy) is 1. The number of anilines is 1. The van der Waals surface area contributed by atoms with Gasteiger partial charge in [0.2, 0.25) is 0 Å². The third kappa shape index (κ3) is 3.03. The molecule has 2 saturated heterocycles. The fourth-order valence-electron chi connectivity index (χ4n) is 3.11. The van der Waals surface area contributed by atoms with Gasteiger partial charge in [-0.1, -0.05) is 0 Å². The molecule has 1 aromatic rings. The van der Waals surface area contributed by atoms with Crippen LogP contribution in [0, 0.1) is 21.4 Å². The number of nitro groups is 1. The highest BCUT2D eigenvalue weighted by molar-refractivity contribution is 7.99. The summed E-state index contributed by atoms with van der Waals surface area (Å²) in [4.78, 5) is 10.8. The Morgan fingerprint density at radius 2 is 2.41 bits per heavy atom. The molecule has 0 aliphatic carbocycles. The smallest absolute Gasteiger partial charge is 0.293 e. The van der Waals surface area contributed by atoms with E-state index in [2.05, 4.69) is 5.32 Å². The number of hydrogen-bond acceptors (Lipinski definition) is 6. The van der Waals surface area contributed by atoms with Crippen molar-refractivity contribution in [3.8, 4) is 6.07 Å². The van der Waals surface area contributed by atoms with E-state index in [0.717, 1.165) is 30.8 Å². The maximum Gasteiger partial charge on any atom is 0.293 e. The quantitative estimate of drug-likeness (QED) is 0.680. The third-order valence-corrected chi connectivity index (χ3v) is 5.47. The minimum Gasteiger partial charge on any atom is -0.377 e. The highest BCUT2D eigenvalue weighted by Crippen LogP contribution is 2.39. The van der Waals surface area contributed by atoms with Crippen LogP contribution in [0.1, 0.15) is 24.8 Å². The largest absolute Gasteiger partial charge is 0.377 e. The molecule has 2 aliphatic heterocycles. The number of hydrogen-bond donors (Lipinski definition) is 1. The minimum absolute atomic E-state index is 0.0413. The Labute approximate surface area is 133 Å². The van der Waals surface area contributed by atoms with Crippen LogP contribution < -0.4 is 5.32 Å². The van der Waals surface area contributed by atoms with Crippen LogP contribution in [0.25, 0.3) is 0 Å². The number of nitrogens with zero attached hydrogens (tertiary/aromatic N) is 2. The topological polar surface area (TPSA) is 88.2 Å². The van der Waals surface area contributed by atoms with E-state index in [4.69, 9.17) is 10.00 Å². The molecule has 0 radical (unpaired) electrons. The lowest BCUT2D eigenvalue weighted by Crippen LogP contribution is -2.44. The lowest BCUT2D eigenvalue weighted by molar-refractivity contribution is -0.384.